The van der Waals surface area contributed by atoms with E-state index in [0.29, 0.717) is 24.6 Å². The van der Waals surface area contributed by atoms with Gasteiger partial charge in [0.2, 0.25) is 0 Å². The van der Waals surface area contributed by atoms with E-state index in [4.69, 9.17) is 5.26 Å². The third-order valence-corrected chi connectivity index (χ3v) is 5.77. The second kappa shape index (κ2) is 10.1. The van der Waals surface area contributed by atoms with Gasteiger partial charge in [0.1, 0.15) is 0 Å². The summed E-state index contributed by atoms with van der Waals surface area (Å²) in [7, 11) is 0. The van der Waals surface area contributed by atoms with Crippen molar-refractivity contribution >= 4 is 11.7 Å². The molecule has 30 heavy (non-hydrogen) atoms. The fourth-order valence-electron chi connectivity index (χ4n) is 4.17. The van der Waals surface area contributed by atoms with E-state index in [-0.39, 0.29) is 6.03 Å². The zero-order chi connectivity index (χ0) is 21.5. The molecule has 156 valence electrons. The van der Waals surface area contributed by atoms with E-state index >= 15 is 0 Å². The van der Waals surface area contributed by atoms with Gasteiger partial charge in [-0.15, -0.1) is 0 Å². The van der Waals surface area contributed by atoms with Gasteiger partial charge >= 0.3 is 6.03 Å². The molecule has 0 N–H and O–H groups in total. The first-order valence-corrected chi connectivity index (χ1v) is 10.4. The second-order valence-electron chi connectivity index (χ2n) is 8.06. The van der Waals surface area contributed by atoms with E-state index in [2.05, 4.69) is 30.7 Å². The predicted octanol–water partition coefficient (Wildman–Crippen LogP) is 4.37. The molecule has 0 unspecified atom stereocenters. The van der Waals surface area contributed by atoms with E-state index in [1.165, 1.54) is 5.57 Å². The number of anilines is 1. The van der Waals surface area contributed by atoms with Crippen LogP contribution in [0.2, 0.25) is 0 Å². The molecule has 5 nitrogen and oxygen atoms in total. The van der Waals surface area contributed by atoms with Crippen molar-refractivity contribution in [3.05, 3.63) is 78.9 Å². The van der Waals surface area contributed by atoms with Crippen LogP contribution in [0.1, 0.15) is 18.4 Å². The number of nitriles is 1. The number of nitrogens with zero attached hydrogens (tertiary/aromatic N) is 4. The Kier molecular flexibility index (Phi) is 7.26. The minimum absolute atomic E-state index is 0.00257. The topological polar surface area (TPSA) is 50.6 Å². The fraction of sp³-hybridized carbons (Fsp3) is 0.360. The molecule has 2 fully saturated rings. The number of benzene rings is 1. The molecule has 3 rings (SSSR count). The summed E-state index contributed by atoms with van der Waals surface area (Å²) in [4.78, 5) is 19.2. The van der Waals surface area contributed by atoms with Crippen molar-refractivity contribution in [1.29, 1.82) is 5.26 Å². The highest BCUT2D eigenvalue weighted by Gasteiger charge is 2.31. The lowest BCUT2D eigenvalue weighted by Crippen LogP contribution is -2.52. The van der Waals surface area contributed by atoms with Crippen molar-refractivity contribution in [2.75, 3.05) is 44.2 Å². The van der Waals surface area contributed by atoms with Crippen molar-refractivity contribution in [1.82, 2.24) is 9.80 Å². The van der Waals surface area contributed by atoms with Gasteiger partial charge in [-0.25, -0.2) is 4.79 Å². The number of hydrogen-bond acceptors (Lipinski definition) is 3. The van der Waals surface area contributed by atoms with Crippen LogP contribution in [0.4, 0.5) is 10.5 Å². The van der Waals surface area contributed by atoms with E-state index in [1.807, 2.05) is 29.2 Å². The van der Waals surface area contributed by atoms with E-state index in [9.17, 15) is 4.79 Å². The molecular weight excluding hydrogens is 372 g/mol. The van der Waals surface area contributed by atoms with Gasteiger partial charge in [-0.05, 0) is 61.2 Å². The Balaban J connectivity index is 1.60. The van der Waals surface area contributed by atoms with E-state index < -0.39 is 0 Å². The Morgan fingerprint density at radius 1 is 1.23 bits per heavy atom. The maximum Gasteiger partial charge on any atom is 0.325 e. The van der Waals surface area contributed by atoms with Crippen LogP contribution in [0.25, 0.3) is 0 Å². The molecule has 0 spiro atoms. The number of likely N-dealkylation sites (tertiary alicyclic amines) is 1. The lowest BCUT2D eigenvalue weighted by atomic mass is 9.95. The van der Waals surface area contributed by atoms with Crippen LogP contribution < -0.4 is 4.90 Å². The molecule has 0 radical (unpaired) electrons. The van der Waals surface area contributed by atoms with Crippen LogP contribution in [0.5, 0.6) is 0 Å². The van der Waals surface area contributed by atoms with E-state index in [0.717, 1.165) is 50.3 Å². The van der Waals surface area contributed by atoms with Gasteiger partial charge in [0, 0.05) is 25.3 Å². The molecule has 1 aromatic rings. The summed E-state index contributed by atoms with van der Waals surface area (Å²) in [6.07, 6.45) is 7.84. The summed E-state index contributed by atoms with van der Waals surface area (Å²) in [6, 6.07) is 9.36. The van der Waals surface area contributed by atoms with Crippen molar-refractivity contribution in [2.45, 2.75) is 12.8 Å². The lowest BCUT2D eigenvalue weighted by molar-refractivity contribution is 0.155. The average Bonchev–Trinajstić information content (AvgIpc) is 2.77. The molecule has 2 heterocycles. The molecule has 0 bridgehead atoms. The Morgan fingerprint density at radius 2 is 2.00 bits per heavy atom. The quantitative estimate of drug-likeness (QED) is 0.503. The zero-order valence-corrected chi connectivity index (χ0v) is 17.6. The molecule has 2 aliphatic rings. The Bertz CT molecular complexity index is 887. The minimum atomic E-state index is 0.00257. The van der Waals surface area contributed by atoms with Crippen LogP contribution in [-0.4, -0.2) is 55.1 Å². The SMILES string of the molecule is C=C/C=C(\C=C)CN1CCC(CN2CC(=C)CN(c3cccc(C#N)c3)C2=O)CC1. The highest BCUT2D eigenvalue weighted by atomic mass is 16.2. The highest BCUT2D eigenvalue weighted by molar-refractivity contribution is 5.94. The van der Waals surface area contributed by atoms with E-state index in [1.54, 1.807) is 23.1 Å². The number of rotatable bonds is 7. The maximum absolute atomic E-state index is 13.2. The summed E-state index contributed by atoms with van der Waals surface area (Å²) in [5.41, 5.74) is 3.51. The van der Waals surface area contributed by atoms with Gasteiger partial charge in [0.15, 0.2) is 0 Å². The van der Waals surface area contributed by atoms with Crippen molar-refractivity contribution in [3.8, 4) is 6.07 Å². The summed E-state index contributed by atoms with van der Waals surface area (Å²) in [6.45, 7) is 16.6. The van der Waals surface area contributed by atoms with Gasteiger partial charge in [0.05, 0.1) is 18.2 Å². The smallest absolute Gasteiger partial charge is 0.320 e. The van der Waals surface area contributed by atoms with Crippen molar-refractivity contribution in [2.24, 2.45) is 5.92 Å². The standard InChI is InChI=1S/C25H30N4O/c1-4-7-21(5-2)18-27-12-10-22(11-13-27)19-28-16-20(3)17-29(25(28)30)24-9-6-8-23(14-24)15-26/h4-9,14,22H,1-3,10-13,16-19H2/b21-7+. The van der Waals surface area contributed by atoms with Crippen LogP contribution in [-0.2, 0) is 0 Å². The Labute approximate surface area is 179 Å². The Morgan fingerprint density at radius 3 is 2.67 bits per heavy atom. The second-order valence-corrected chi connectivity index (χ2v) is 8.06. The first-order chi connectivity index (χ1) is 14.5. The number of amides is 2. The fourth-order valence-corrected chi connectivity index (χ4v) is 4.17. The summed E-state index contributed by atoms with van der Waals surface area (Å²) < 4.78 is 0. The zero-order valence-electron chi connectivity index (χ0n) is 17.6. The Hall–Kier alpha value is -3.10. The van der Waals surface area contributed by atoms with Gasteiger partial charge < -0.3 is 4.90 Å². The van der Waals surface area contributed by atoms with Crippen LogP contribution in [0, 0.1) is 17.2 Å². The maximum atomic E-state index is 13.2. The average molecular weight is 403 g/mol. The molecule has 2 saturated heterocycles. The summed E-state index contributed by atoms with van der Waals surface area (Å²) in [5.74, 6) is 0.485. The normalized spacial score (nSPS) is 19.0. The molecule has 2 aliphatic heterocycles. The first-order valence-electron chi connectivity index (χ1n) is 10.4. The molecule has 5 heteroatoms. The predicted molar refractivity (Wildman–Crippen MR) is 122 cm³/mol. The number of urea groups is 1. The lowest BCUT2D eigenvalue weighted by Gasteiger charge is -2.40. The van der Waals surface area contributed by atoms with Crippen molar-refractivity contribution in [3.63, 3.8) is 0 Å². The number of carbonyl (C=O) groups excluding carboxylic acids is 1. The number of carbonyl (C=O) groups is 1. The van der Waals surface area contributed by atoms with Crippen LogP contribution in [0.15, 0.2) is 73.4 Å². The number of hydrogen-bond donors (Lipinski definition) is 0. The monoisotopic (exact) mass is 402 g/mol. The molecular formula is C25H30N4O. The third kappa shape index (κ3) is 5.28. The summed E-state index contributed by atoms with van der Waals surface area (Å²) in [5, 5.41) is 9.17. The van der Waals surface area contributed by atoms with Gasteiger partial charge in [-0.3, -0.25) is 9.80 Å². The molecule has 1 aromatic carbocycles. The molecule has 0 aromatic heterocycles. The molecule has 0 aliphatic carbocycles. The minimum Gasteiger partial charge on any atom is -0.320 e. The van der Waals surface area contributed by atoms with Crippen molar-refractivity contribution < 1.29 is 4.79 Å². The largest absolute Gasteiger partial charge is 0.325 e. The van der Waals surface area contributed by atoms with Crippen LogP contribution in [0.3, 0.4) is 0 Å². The van der Waals surface area contributed by atoms with Gasteiger partial charge in [-0.2, -0.15) is 5.26 Å². The third-order valence-electron chi connectivity index (χ3n) is 5.77. The van der Waals surface area contributed by atoms with Gasteiger partial charge in [-0.1, -0.05) is 44.0 Å². The molecule has 0 saturated carbocycles. The number of allylic oxidation sites excluding steroid dienone is 2. The molecule has 0 atom stereocenters. The number of piperidine rings is 1. The summed E-state index contributed by atoms with van der Waals surface area (Å²) >= 11 is 0. The molecule has 2 amide bonds. The van der Waals surface area contributed by atoms with Gasteiger partial charge in [0.25, 0.3) is 0 Å². The highest BCUT2D eigenvalue weighted by Crippen LogP contribution is 2.26. The first kappa shape index (κ1) is 21.6. The van der Waals surface area contributed by atoms with Crippen LogP contribution >= 0.6 is 0 Å².